The summed E-state index contributed by atoms with van der Waals surface area (Å²) in [5.74, 6) is -0.985. The Balaban J connectivity index is 3.17. The first-order chi connectivity index (χ1) is 7.63. The Morgan fingerprint density at radius 3 is 2.75 bits per heavy atom. The lowest BCUT2D eigenvalue weighted by atomic mass is 9.95. The smallest absolute Gasteiger partial charge is 0.310 e. The van der Waals surface area contributed by atoms with Crippen LogP contribution in [0.25, 0.3) is 0 Å². The van der Waals surface area contributed by atoms with E-state index in [1.54, 1.807) is 25.1 Å². The minimum atomic E-state index is -0.878. The van der Waals surface area contributed by atoms with E-state index in [0.717, 1.165) is 0 Å². The van der Waals surface area contributed by atoms with Crippen LogP contribution in [0.5, 0.6) is 5.75 Å². The largest absolute Gasteiger partial charge is 0.495 e. The maximum Gasteiger partial charge on any atom is 0.310 e. The number of hydrogen-bond acceptors (Lipinski definition) is 3. The SMILES string of the molecule is CCC(C(=O)O)c1ccc(OC)c(C#N)c1. The lowest BCUT2D eigenvalue weighted by Crippen LogP contribution is -2.10. The highest BCUT2D eigenvalue weighted by Gasteiger charge is 2.18. The van der Waals surface area contributed by atoms with Crippen molar-refractivity contribution in [2.24, 2.45) is 0 Å². The van der Waals surface area contributed by atoms with Gasteiger partial charge in [0.2, 0.25) is 0 Å². The van der Waals surface area contributed by atoms with Gasteiger partial charge in [-0.05, 0) is 24.1 Å². The Hall–Kier alpha value is -2.02. The van der Waals surface area contributed by atoms with E-state index in [-0.39, 0.29) is 0 Å². The molecule has 84 valence electrons. The number of carboxylic acid groups (broad SMARTS) is 1. The molecule has 1 aromatic carbocycles. The molecular weight excluding hydrogens is 206 g/mol. The van der Waals surface area contributed by atoms with Crippen molar-refractivity contribution >= 4 is 5.97 Å². The minimum Gasteiger partial charge on any atom is -0.495 e. The van der Waals surface area contributed by atoms with Crippen molar-refractivity contribution in [3.05, 3.63) is 29.3 Å². The molecule has 4 nitrogen and oxygen atoms in total. The third kappa shape index (κ3) is 2.31. The Morgan fingerprint density at radius 2 is 2.31 bits per heavy atom. The Bertz CT molecular complexity index is 434. The second kappa shape index (κ2) is 5.17. The molecule has 0 saturated heterocycles. The molecule has 0 aliphatic carbocycles. The average molecular weight is 219 g/mol. The van der Waals surface area contributed by atoms with E-state index in [0.29, 0.717) is 23.3 Å². The first-order valence-corrected chi connectivity index (χ1v) is 4.94. The number of ether oxygens (including phenoxy) is 1. The number of aliphatic carboxylic acids is 1. The van der Waals surface area contributed by atoms with Gasteiger partial charge in [0.1, 0.15) is 11.8 Å². The molecule has 1 unspecified atom stereocenters. The predicted octanol–water partition coefficient (Wildman–Crippen LogP) is 2.15. The highest BCUT2D eigenvalue weighted by molar-refractivity contribution is 5.76. The fourth-order valence-electron chi connectivity index (χ4n) is 1.58. The number of rotatable bonds is 4. The molecule has 0 aliphatic heterocycles. The first-order valence-electron chi connectivity index (χ1n) is 4.94. The summed E-state index contributed by atoms with van der Waals surface area (Å²) in [4.78, 5) is 11.0. The molecule has 1 N–H and O–H groups in total. The van der Waals surface area contributed by atoms with Gasteiger partial charge in [-0.25, -0.2) is 0 Å². The number of nitriles is 1. The predicted molar refractivity (Wildman–Crippen MR) is 58.4 cm³/mol. The summed E-state index contributed by atoms with van der Waals surface area (Å²) in [7, 11) is 1.48. The number of benzene rings is 1. The van der Waals surface area contributed by atoms with Crippen LogP contribution in [0.4, 0.5) is 0 Å². The van der Waals surface area contributed by atoms with Gasteiger partial charge in [-0.3, -0.25) is 4.79 Å². The minimum absolute atomic E-state index is 0.361. The number of hydrogen-bond donors (Lipinski definition) is 1. The molecule has 0 bridgehead atoms. The number of carboxylic acids is 1. The molecule has 0 aromatic heterocycles. The van der Waals surface area contributed by atoms with Crippen LogP contribution in [0.15, 0.2) is 18.2 Å². The van der Waals surface area contributed by atoms with Gasteiger partial charge in [0.05, 0.1) is 18.6 Å². The first kappa shape index (κ1) is 12.1. The monoisotopic (exact) mass is 219 g/mol. The molecular formula is C12H13NO3. The topological polar surface area (TPSA) is 70.3 Å². The van der Waals surface area contributed by atoms with Crippen LogP contribution < -0.4 is 4.74 Å². The van der Waals surface area contributed by atoms with E-state index in [2.05, 4.69) is 0 Å². The highest BCUT2D eigenvalue weighted by atomic mass is 16.5. The molecule has 0 fully saturated rings. The molecule has 0 saturated carbocycles. The lowest BCUT2D eigenvalue weighted by molar-refractivity contribution is -0.138. The quantitative estimate of drug-likeness (QED) is 0.842. The van der Waals surface area contributed by atoms with E-state index < -0.39 is 11.9 Å². The van der Waals surface area contributed by atoms with E-state index in [1.165, 1.54) is 7.11 Å². The van der Waals surface area contributed by atoms with Crippen LogP contribution in [-0.2, 0) is 4.79 Å². The van der Waals surface area contributed by atoms with Crippen molar-refractivity contribution < 1.29 is 14.6 Å². The summed E-state index contributed by atoms with van der Waals surface area (Å²) in [6.45, 7) is 1.80. The van der Waals surface area contributed by atoms with E-state index >= 15 is 0 Å². The van der Waals surface area contributed by atoms with Crippen LogP contribution in [0.3, 0.4) is 0 Å². The van der Waals surface area contributed by atoms with Crippen LogP contribution in [0, 0.1) is 11.3 Å². The lowest BCUT2D eigenvalue weighted by Gasteiger charge is -2.11. The van der Waals surface area contributed by atoms with Crippen molar-refractivity contribution in [2.75, 3.05) is 7.11 Å². The third-order valence-electron chi connectivity index (χ3n) is 2.45. The zero-order chi connectivity index (χ0) is 12.1. The van der Waals surface area contributed by atoms with Gasteiger partial charge >= 0.3 is 5.97 Å². The van der Waals surface area contributed by atoms with E-state index in [9.17, 15) is 4.79 Å². The van der Waals surface area contributed by atoms with Gasteiger partial charge in [0.15, 0.2) is 0 Å². The van der Waals surface area contributed by atoms with Crippen LogP contribution in [0.2, 0.25) is 0 Å². The van der Waals surface area contributed by atoms with Gasteiger partial charge in [-0.15, -0.1) is 0 Å². The van der Waals surface area contributed by atoms with Crippen LogP contribution >= 0.6 is 0 Å². The number of methoxy groups -OCH3 is 1. The van der Waals surface area contributed by atoms with Gasteiger partial charge in [0.25, 0.3) is 0 Å². The zero-order valence-corrected chi connectivity index (χ0v) is 9.23. The molecule has 0 amide bonds. The third-order valence-corrected chi connectivity index (χ3v) is 2.45. The molecule has 4 heteroatoms. The highest BCUT2D eigenvalue weighted by Crippen LogP contribution is 2.25. The summed E-state index contributed by atoms with van der Waals surface area (Å²) in [5, 5.41) is 17.9. The fourth-order valence-corrected chi connectivity index (χ4v) is 1.58. The van der Waals surface area contributed by atoms with E-state index in [1.807, 2.05) is 6.07 Å². The standard InChI is InChI=1S/C12H13NO3/c1-3-10(12(14)15)8-4-5-11(16-2)9(6-8)7-13/h4-6,10H,3H2,1-2H3,(H,14,15). The van der Waals surface area contributed by atoms with Crippen LogP contribution in [-0.4, -0.2) is 18.2 Å². The van der Waals surface area contributed by atoms with Crippen LogP contribution in [0.1, 0.15) is 30.4 Å². The summed E-state index contributed by atoms with van der Waals surface area (Å²) in [6, 6.07) is 6.86. The summed E-state index contributed by atoms with van der Waals surface area (Å²) < 4.78 is 5.00. The van der Waals surface area contributed by atoms with Crippen molar-refractivity contribution in [3.63, 3.8) is 0 Å². The average Bonchev–Trinajstić information content (AvgIpc) is 2.29. The molecule has 1 atom stereocenters. The Labute approximate surface area is 94.1 Å². The van der Waals surface area contributed by atoms with Gasteiger partial charge < -0.3 is 9.84 Å². The van der Waals surface area contributed by atoms with Gasteiger partial charge in [-0.2, -0.15) is 5.26 Å². The zero-order valence-electron chi connectivity index (χ0n) is 9.23. The summed E-state index contributed by atoms with van der Waals surface area (Å²) in [5.41, 5.74) is 0.993. The maximum absolute atomic E-state index is 11.0. The molecule has 1 aromatic rings. The Kier molecular flexibility index (Phi) is 3.90. The van der Waals surface area contributed by atoms with Crippen molar-refractivity contribution in [1.29, 1.82) is 5.26 Å². The van der Waals surface area contributed by atoms with Crippen molar-refractivity contribution in [1.82, 2.24) is 0 Å². The van der Waals surface area contributed by atoms with Gasteiger partial charge in [0, 0.05) is 0 Å². The van der Waals surface area contributed by atoms with Crippen molar-refractivity contribution in [2.45, 2.75) is 19.3 Å². The number of carbonyl (C=O) groups is 1. The summed E-state index contributed by atoms with van der Waals surface area (Å²) >= 11 is 0. The molecule has 16 heavy (non-hydrogen) atoms. The fraction of sp³-hybridized carbons (Fsp3) is 0.333. The molecule has 1 rings (SSSR count). The molecule has 0 heterocycles. The van der Waals surface area contributed by atoms with Crippen molar-refractivity contribution in [3.8, 4) is 11.8 Å². The second-order valence-electron chi connectivity index (χ2n) is 3.37. The second-order valence-corrected chi connectivity index (χ2v) is 3.37. The number of nitrogens with zero attached hydrogens (tertiary/aromatic N) is 1. The molecule has 0 aliphatic rings. The maximum atomic E-state index is 11.0. The van der Waals surface area contributed by atoms with E-state index in [4.69, 9.17) is 15.1 Å². The molecule has 0 spiro atoms. The normalized spacial score (nSPS) is 11.6. The summed E-state index contributed by atoms with van der Waals surface area (Å²) in [6.07, 6.45) is 0.493. The Morgan fingerprint density at radius 1 is 1.62 bits per heavy atom. The van der Waals surface area contributed by atoms with Gasteiger partial charge in [-0.1, -0.05) is 13.0 Å². The molecule has 0 radical (unpaired) electrons.